The Morgan fingerprint density at radius 2 is 1.77 bits per heavy atom. The number of benzene rings is 4. The van der Waals surface area contributed by atoms with E-state index in [-0.39, 0.29) is 12.5 Å². The fraction of sp³-hybridized carbons (Fsp3) is 0.194. The zero-order valence-electron chi connectivity index (χ0n) is 24.6. The Bertz CT molecular complexity index is 1900. The van der Waals surface area contributed by atoms with Gasteiger partial charge < -0.3 is 20.1 Å². The number of carbonyl (C=O) groups excluding carboxylic acids is 2. The quantitative estimate of drug-likeness (QED) is 0.266. The topological polar surface area (TPSA) is 106 Å². The third-order valence-electron chi connectivity index (χ3n) is 8.58. The first-order chi connectivity index (χ1) is 20.7. The highest BCUT2D eigenvalue weighted by Gasteiger charge is 2.32. The van der Waals surface area contributed by atoms with E-state index in [1.165, 1.54) is 5.57 Å². The number of ether oxygens (including phenoxy) is 2. The Morgan fingerprint density at radius 1 is 1.00 bits per heavy atom. The fourth-order valence-corrected chi connectivity index (χ4v) is 6.18. The number of nitrogens with zero attached hydrogens (tertiary/aromatic N) is 2. The maximum absolute atomic E-state index is 13.5. The van der Waals surface area contributed by atoms with Crippen molar-refractivity contribution in [3.05, 3.63) is 117 Å². The highest BCUT2D eigenvalue weighted by atomic mass is 16.5. The van der Waals surface area contributed by atoms with Crippen molar-refractivity contribution >= 4 is 23.1 Å². The van der Waals surface area contributed by atoms with Gasteiger partial charge in [-0.15, -0.1) is 0 Å². The van der Waals surface area contributed by atoms with Crippen LogP contribution in [0.5, 0.6) is 11.5 Å². The summed E-state index contributed by atoms with van der Waals surface area (Å²) in [7, 11) is 1.62. The van der Waals surface area contributed by atoms with E-state index in [0.717, 1.165) is 56.0 Å². The number of hydrogen-bond acceptors (Lipinski definition) is 5. The molecule has 43 heavy (non-hydrogen) atoms. The molecule has 6 rings (SSSR count). The van der Waals surface area contributed by atoms with Gasteiger partial charge in [0.2, 0.25) is 0 Å². The molecule has 0 spiro atoms. The number of rotatable bonds is 7. The van der Waals surface area contributed by atoms with Crippen LogP contribution in [0.4, 0.5) is 5.69 Å². The molecule has 0 saturated carbocycles. The van der Waals surface area contributed by atoms with Gasteiger partial charge in [-0.05, 0) is 108 Å². The van der Waals surface area contributed by atoms with Gasteiger partial charge in [-0.1, -0.05) is 35.9 Å². The van der Waals surface area contributed by atoms with E-state index in [9.17, 15) is 14.9 Å². The minimum atomic E-state index is -0.530. The molecule has 214 valence electrons. The Hall–Kier alpha value is -5.35. The molecule has 0 fully saturated rings. The summed E-state index contributed by atoms with van der Waals surface area (Å²) in [4.78, 5) is 28.1. The first kappa shape index (κ1) is 27.8. The van der Waals surface area contributed by atoms with E-state index in [2.05, 4.69) is 19.9 Å². The van der Waals surface area contributed by atoms with Gasteiger partial charge in [-0.25, -0.2) is 0 Å². The Labute approximate surface area is 250 Å². The second kappa shape index (κ2) is 10.8. The molecular weight excluding hydrogens is 538 g/mol. The van der Waals surface area contributed by atoms with Crippen LogP contribution in [0.25, 0.3) is 16.7 Å². The van der Waals surface area contributed by atoms with E-state index in [0.29, 0.717) is 35.4 Å². The molecule has 0 aromatic heterocycles. The summed E-state index contributed by atoms with van der Waals surface area (Å²) in [6, 6.07) is 22.8. The van der Waals surface area contributed by atoms with Gasteiger partial charge in [0, 0.05) is 11.3 Å². The van der Waals surface area contributed by atoms with Crippen molar-refractivity contribution in [2.45, 2.75) is 40.3 Å². The smallest absolute Gasteiger partial charge is 0.258 e. The number of methoxy groups -OCH3 is 1. The average Bonchev–Trinajstić information content (AvgIpc) is 3.50. The molecule has 1 aliphatic carbocycles. The van der Waals surface area contributed by atoms with Gasteiger partial charge in [0.1, 0.15) is 18.1 Å². The summed E-state index contributed by atoms with van der Waals surface area (Å²) < 4.78 is 11.6. The first-order valence-electron chi connectivity index (χ1n) is 14.1. The normalized spacial score (nSPS) is 13.6. The van der Waals surface area contributed by atoms with E-state index in [1.54, 1.807) is 24.1 Å². The van der Waals surface area contributed by atoms with E-state index in [1.807, 2.05) is 61.5 Å². The molecule has 0 atom stereocenters. The predicted molar refractivity (Wildman–Crippen MR) is 166 cm³/mol. The van der Waals surface area contributed by atoms with Crippen LogP contribution in [0.15, 0.2) is 72.3 Å². The molecule has 4 aromatic carbocycles. The largest absolute Gasteiger partial charge is 0.497 e. The highest BCUT2D eigenvalue weighted by molar-refractivity contribution is 6.11. The number of hydrogen-bond donors (Lipinski definition) is 1. The van der Waals surface area contributed by atoms with Gasteiger partial charge in [0.15, 0.2) is 0 Å². The van der Waals surface area contributed by atoms with Crippen LogP contribution < -0.4 is 20.1 Å². The van der Waals surface area contributed by atoms with Gasteiger partial charge in [0.05, 0.1) is 30.9 Å². The number of allylic oxidation sites excluding steroid dienone is 2. The lowest BCUT2D eigenvalue weighted by Gasteiger charge is -2.23. The van der Waals surface area contributed by atoms with Crippen molar-refractivity contribution in [3.8, 4) is 28.7 Å². The summed E-state index contributed by atoms with van der Waals surface area (Å²) in [5, 5.41) is 9.34. The summed E-state index contributed by atoms with van der Waals surface area (Å²) in [6.07, 6.45) is 0.603. The molecule has 7 heteroatoms. The molecule has 7 nitrogen and oxygen atoms in total. The minimum Gasteiger partial charge on any atom is -0.497 e. The highest BCUT2D eigenvalue weighted by Crippen LogP contribution is 2.46. The molecular formula is C36H31N3O4. The molecule has 4 aromatic rings. The lowest BCUT2D eigenvalue weighted by atomic mass is 9.88. The van der Waals surface area contributed by atoms with E-state index >= 15 is 0 Å². The summed E-state index contributed by atoms with van der Waals surface area (Å²) in [5.41, 5.74) is 16.9. The van der Waals surface area contributed by atoms with Gasteiger partial charge in [-0.2, -0.15) is 5.26 Å². The molecule has 0 radical (unpaired) electrons. The Balaban J connectivity index is 1.45. The number of anilines is 1. The number of fused-ring (bicyclic) bond motifs is 2. The average molecular weight is 570 g/mol. The SMILES string of the molecule is COc1ccc(COc2cc(-c3cccc(N4Cc5ccc(C#N)cc5C4=O)c3C)c3c(c2C(N)=O)CC(C)=C3C)cc1. The van der Waals surface area contributed by atoms with Gasteiger partial charge in [-0.3, -0.25) is 9.59 Å². The third kappa shape index (κ3) is 4.71. The fourth-order valence-electron chi connectivity index (χ4n) is 6.18. The number of nitrogens with two attached hydrogens (primary N) is 1. The predicted octanol–water partition coefficient (Wildman–Crippen LogP) is 6.73. The van der Waals surface area contributed by atoms with Crippen molar-refractivity contribution in [2.75, 3.05) is 12.0 Å². The van der Waals surface area contributed by atoms with Crippen LogP contribution in [-0.2, 0) is 19.6 Å². The molecule has 1 heterocycles. The monoisotopic (exact) mass is 569 g/mol. The van der Waals surface area contributed by atoms with Crippen molar-refractivity contribution in [2.24, 2.45) is 5.73 Å². The maximum Gasteiger partial charge on any atom is 0.258 e. The number of primary amides is 1. The maximum atomic E-state index is 13.5. The molecule has 0 saturated heterocycles. The standard InChI is InChI=1S/C36H31N3O4/c1-20-14-30-33(21(20)2)29(16-32(34(30)35(38)40)43-19-23-9-12-26(42-4)13-10-23)27-6-5-7-31(22(27)3)39-18-25-11-8-24(17-37)15-28(25)36(39)41/h5-13,15-16H,14,18-19H2,1-4H3,(H2,38,40). The van der Waals surface area contributed by atoms with Crippen LogP contribution in [-0.4, -0.2) is 18.9 Å². The Kier molecular flexibility index (Phi) is 6.99. The molecule has 2 aliphatic rings. The minimum absolute atomic E-state index is 0.128. The molecule has 2 amide bonds. The zero-order chi connectivity index (χ0) is 30.4. The molecule has 0 unspecified atom stereocenters. The molecule has 0 bridgehead atoms. The summed E-state index contributed by atoms with van der Waals surface area (Å²) >= 11 is 0. The lowest BCUT2D eigenvalue weighted by molar-refractivity contribution is 0.0987. The van der Waals surface area contributed by atoms with Crippen LogP contribution in [0.3, 0.4) is 0 Å². The Morgan fingerprint density at radius 3 is 2.47 bits per heavy atom. The third-order valence-corrected chi connectivity index (χ3v) is 8.58. The second-order valence-electron chi connectivity index (χ2n) is 11.1. The lowest BCUT2D eigenvalue weighted by Crippen LogP contribution is -2.24. The summed E-state index contributed by atoms with van der Waals surface area (Å²) in [6.45, 7) is 6.82. The van der Waals surface area contributed by atoms with Crippen molar-refractivity contribution in [3.63, 3.8) is 0 Å². The van der Waals surface area contributed by atoms with Crippen molar-refractivity contribution in [1.29, 1.82) is 5.26 Å². The number of carbonyl (C=O) groups is 2. The van der Waals surface area contributed by atoms with Crippen molar-refractivity contribution in [1.82, 2.24) is 0 Å². The number of amides is 2. The van der Waals surface area contributed by atoms with Crippen LogP contribution in [0.2, 0.25) is 0 Å². The number of nitriles is 1. The summed E-state index contributed by atoms with van der Waals surface area (Å²) in [5.74, 6) is 0.520. The van der Waals surface area contributed by atoms with Crippen LogP contribution in [0.1, 0.15) is 67.9 Å². The van der Waals surface area contributed by atoms with Gasteiger partial charge >= 0.3 is 0 Å². The van der Waals surface area contributed by atoms with Crippen LogP contribution >= 0.6 is 0 Å². The van der Waals surface area contributed by atoms with E-state index in [4.69, 9.17) is 15.2 Å². The van der Waals surface area contributed by atoms with Gasteiger partial charge in [0.25, 0.3) is 11.8 Å². The second-order valence-corrected chi connectivity index (χ2v) is 11.1. The molecule has 1 aliphatic heterocycles. The zero-order valence-corrected chi connectivity index (χ0v) is 24.6. The first-order valence-corrected chi connectivity index (χ1v) is 14.1. The van der Waals surface area contributed by atoms with Crippen LogP contribution in [0, 0.1) is 18.3 Å². The van der Waals surface area contributed by atoms with Crippen molar-refractivity contribution < 1.29 is 19.1 Å². The molecule has 2 N–H and O–H groups in total. The van der Waals surface area contributed by atoms with E-state index < -0.39 is 5.91 Å².